The van der Waals surface area contributed by atoms with Crippen LogP contribution in [0.25, 0.3) is 66.8 Å². The zero-order valence-electron chi connectivity index (χ0n) is 53.6. The van der Waals surface area contributed by atoms with Gasteiger partial charge in [0.25, 0.3) is 0 Å². The number of rotatable bonds is 16. The van der Waals surface area contributed by atoms with Gasteiger partial charge in [-0.2, -0.15) is 0 Å². The predicted molar refractivity (Wildman–Crippen MR) is 359 cm³/mol. The Kier molecular flexibility index (Phi) is 15.7. The second-order valence-electron chi connectivity index (χ2n) is 27.3. The number of carbonyl (C=O) groups is 4. The fourth-order valence-electron chi connectivity index (χ4n) is 16.7. The van der Waals surface area contributed by atoms with E-state index in [1.54, 1.807) is 48.5 Å². The molecule has 8 aromatic rings. The zero-order chi connectivity index (χ0) is 64.6. The van der Waals surface area contributed by atoms with Gasteiger partial charge in [-0.1, -0.05) is 100 Å². The lowest BCUT2D eigenvalue weighted by atomic mass is 9.69. The summed E-state index contributed by atoms with van der Waals surface area (Å²) < 4.78 is 25.2. The highest BCUT2D eigenvalue weighted by Crippen LogP contribution is 2.65. The number of fused-ring (bicyclic) bond motifs is 10. The molecule has 4 N–H and O–H groups in total. The number of aromatic hydroxyl groups is 4. The zero-order valence-corrected chi connectivity index (χ0v) is 53.6. The van der Waals surface area contributed by atoms with E-state index < -0.39 is 51.7 Å². The molecule has 0 radical (unpaired) electrons. The molecule has 0 aromatic heterocycles. The Balaban J connectivity index is 0.979. The molecule has 1 spiro atoms. The number of hydrogen-bond acceptors (Lipinski definition) is 12. The Labute approximate surface area is 543 Å². The third-order valence-electron chi connectivity index (χ3n) is 22.3. The maximum Gasteiger partial charge on any atom is 0.342 e. The molecule has 12 nitrogen and oxygen atoms in total. The maximum atomic E-state index is 14.3. The Morgan fingerprint density at radius 1 is 0.290 bits per heavy atom. The lowest BCUT2D eigenvalue weighted by Crippen LogP contribution is -2.31. The molecule has 0 aliphatic heterocycles. The molecule has 4 saturated carbocycles. The summed E-state index contributed by atoms with van der Waals surface area (Å²) in [6, 6.07) is 45.5. The molecule has 14 rings (SSSR count). The quantitative estimate of drug-likeness (QED) is 0.0531. The van der Waals surface area contributed by atoms with E-state index in [0.717, 1.165) is 169 Å². The minimum atomic E-state index is -1.17. The fourth-order valence-corrected chi connectivity index (χ4v) is 16.7. The van der Waals surface area contributed by atoms with E-state index in [-0.39, 0.29) is 45.3 Å². The molecule has 0 heterocycles. The minimum absolute atomic E-state index is 0.0713. The first kappa shape index (κ1) is 61.4. The number of esters is 4. The van der Waals surface area contributed by atoms with Gasteiger partial charge in [0.05, 0.1) is 5.41 Å². The minimum Gasteiger partial charge on any atom is -0.507 e. The van der Waals surface area contributed by atoms with Crippen molar-refractivity contribution in [2.24, 2.45) is 0 Å². The summed E-state index contributed by atoms with van der Waals surface area (Å²) in [7, 11) is 0. The average molecular weight is 1250 g/mol. The lowest BCUT2D eigenvalue weighted by Gasteiger charge is -2.32. The first-order chi connectivity index (χ1) is 45.0. The van der Waals surface area contributed by atoms with Crippen LogP contribution in [-0.2, 0) is 24.4 Å². The van der Waals surface area contributed by atoms with Crippen LogP contribution in [0.4, 0.5) is 0 Å². The second kappa shape index (κ2) is 23.8. The number of hydrogen-bond donors (Lipinski definition) is 4. The van der Waals surface area contributed by atoms with Crippen molar-refractivity contribution in [3.05, 3.63) is 190 Å². The molecular formula is C81H80O12. The first-order valence-electron chi connectivity index (χ1n) is 33.8. The Bertz CT molecular complexity index is 3780. The van der Waals surface area contributed by atoms with E-state index in [9.17, 15) is 39.6 Å². The Morgan fingerprint density at radius 3 is 0.667 bits per heavy atom. The van der Waals surface area contributed by atoms with E-state index >= 15 is 0 Å². The van der Waals surface area contributed by atoms with Crippen molar-refractivity contribution in [2.75, 3.05) is 0 Å². The summed E-state index contributed by atoms with van der Waals surface area (Å²) in [5.74, 6) is -3.03. The summed E-state index contributed by atoms with van der Waals surface area (Å²) in [6.45, 7) is 8.14. The lowest BCUT2D eigenvalue weighted by molar-refractivity contribution is -0.0184. The van der Waals surface area contributed by atoms with Gasteiger partial charge < -0.3 is 39.4 Å². The number of phenolic OH excluding ortho intramolecular Hbond substituents is 4. The third-order valence-corrected chi connectivity index (χ3v) is 22.3. The fraction of sp³-hybridized carbons (Fsp3) is 0.358. The SMILES string of the molecule is CCC1(OC(=O)c2cc(-c3ccc4c(c3)C3(c5cc(-c6ccc(O)c(C(=O)OC7(CC)CCCC7)c6)ccc5-4)c4cc(-c5ccc(O)c(C(=O)OC6(CC)CCCC6)c5)ccc4-c4ccc(-c5ccc(O)c(C(=O)OC6(CC)CCCC6)c5)cc43)ccc2O)CCCC1. The molecule has 0 amide bonds. The van der Waals surface area contributed by atoms with Crippen LogP contribution in [0.2, 0.25) is 0 Å². The van der Waals surface area contributed by atoms with Crippen LogP contribution in [0.5, 0.6) is 23.0 Å². The topological polar surface area (TPSA) is 186 Å². The second-order valence-corrected chi connectivity index (χ2v) is 27.3. The van der Waals surface area contributed by atoms with Gasteiger partial charge in [-0.3, -0.25) is 0 Å². The van der Waals surface area contributed by atoms with Crippen LogP contribution in [0.3, 0.4) is 0 Å². The van der Waals surface area contributed by atoms with E-state index in [1.165, 1.54) is 0 Å². The summed E-state index contributed by atoms with van der Waals surface area (Å²) in [5.41, 5.74) is 9.80. The highest BCUT2D eigenvalue weighted by Gasteiger charge is 2.53. The van der Waals surface area contributed by atoms with Crippen LogP contribution in [0.1, 0.15) is 220 Å². The van der Waals surface area contributed by atoms with Gasteiger partial charge in [0.15, 0.2) is 0 Å². The standard InChI is InChI=1S/C81H80O12/c1-5-77(33-9-10-34-77)90-73(86)61-41-49(21-29-69(61)82)53-17-25-57-58-26-18-54(50-22-30-70(83)62(42-50)74(87)91-78(6-2)35-11-12-36-78)46-66(58)81(65(57)45-53)67-47-55(51-23-31-71(84)63(43-51)75(88)92-79(7-3)37-13-14-38-79)19-27-59(67)60-28-20-56(48-68(60)81)52-24-32-72(85)64(44-52)76(89)93-80(8-4)39-15-16-40-80/h17-32,41-48,82-85H,5-16,33-40H2,1-4H3. The number of benzene rings is 8. The molecule has 476 valence electrons. The third kappa shape index (κ3) is 10.5. The van der Waals surface area contributed by atoms with Crippen molar-refractivity contribution in [1.82, 2.24) is 0 Å². The highest BCUT2D eigenvalue weighted by molar-refractivity contribution is 6.01. The number of carbonyl (C=O) groups excluding carboxylic acids is 4. The molecule has 0 saturated heterocycles. The summed E-state index contributed by atoms with van der Waals surface area (Å²) in [6.07, 6.45) is 16.4. The number of phenols is 4. The van der Waals surface area contributed by atoms with Crippen LogP contribution < -0.4 is 0 Å². The van der Waals surface area contributed by atoms with Gasteiger partial charge in [0.2, 0.25) is 0 Å². The van der Waals surface area contributed by atoms with Crippen LogP contribution in [0.15, 0.2) is 146 Å². The van der Waals surface area contributed by atoms with Crippen LogP contribution in [0, 0.1) is 0 Å². The molecule has 0 bridgehead atoms. The molecule has 8 aromatic carbocycles. The molecule has 6 aliphatic rings. The van der Waals surface area contributed by atoms with Gasteiger partial charge in [-0.05, 0) is 290 Å². The van der Waals surface area contributed by atoms with Crippen molar-refractivity contribution in [1.29, 1.82) is 0 Å². The van der Waals surface area contributed by atoms with E-state index in [4.69, 9.17) is 18.9 Å². The first-order valence-corrected chi connectivity index (χ1v) is 33.8. The van der Waals surface area contributed by atoms with Crippen LogP contribution >= 0.6 is 0 Å². The largest absolute Gasteiger partial charge is 0.507 e. The van der Waals surface area contributed by atoms with Gasteiger partial charge in [-0.15, -0.1) is 0 Å². The molecular weight excluding hydrogens is 1160 g/mol. The van der Waals surface area contributed by atoms with Gasteiger partial charge in [0.1, 0.15) is 67.7 Å². The van der Waals surface area contributed by atoms with Crippen molar-refractivity contribution in [2.45, 2.75) is 184 Å². The summed E-state index contributed by atoms with van der Waals surface area (Å²) in [5, 5.41) is 45.7. The van der Waals surface area contributed by atoms with E-state index in [0.29, 0.717) is 47.9 Å². The Hall–Kier alpha value is -9.16. The smallest absolute Gasteiger partial charge is 0.342 e. The molecule has 0 atom stereocenters. The summed E-state index contributed by atoms with van der Waals surface area (Å²) in [4.78, 5) is 57.1. The highest BCUT2D eigenvalue weighted by atomic mass is 16.6. The normalized spacial score (nSPS) is 17.9. The monoisotopic (exact) mass is 1240 g/mol. The maximum absolute atomic E-state index is 14.3. The van der Waals surface area contributed by atoms with Gasteiger partial charge >= 0.3 is 23.9 Å². The molecule has 12 heteroatoms. The molecule has 6 aliphatic carbocycles. The van der Waals surface area contributed by atoms with Crippen molar-refractivity contribution >= 4 is 23.9 Å². The predicted octanol–water partition coefficient (Wildman–Crippen LogP) is 19.0. The van der Waals surface area contributed by atoms with Crippen molar-refractivity contribution in [3.63, 3.8) is 0 Å². The van der Waals surface area contributed by atoms with Gasteiger partial charge in [0, 0.05) is 0 Å². The average Bonchev–Trinajstić information content (AvgIpc) is 1.51. The molecule has 4 fully saturated rings. The van der Waals surface area contributed by atoms with Gasteiger partial charge in [-0.25, -0.2) is 19.2 Å². The molecule has 0 unspecified atom stereocenters. The molecule has 93 heavy (non-hydrogen) atoms. The van der Waals surface area contributed by atoms with E-state index in [1.807, 2.05) is 76.2 Å². The summed E-state index contributed by atoms with van der Waals surface area (Å²) >= 11 is 0. The Morgan fingerprint density at radius 2 is 0.473 bits per heavy atom. The van der Waals surface area contributed by atoms with E-state index in [2.05, 4.69) is 48.5 Å². The van der Waals surface area contributed by atoms with Crippen LogP contribution in [-0.4, -0.2) is 66.7 Å². The van der Waals surface area contributed by atoms with Crippen molar-refractivity contribution < 1.29 is 58.6 Å². The number of ether oxygens (including phenoxy) is 4. The van der Waals surface area contributed by atoms with Crippen molar-refractivity contribution in [3.8, 4) is 89.8 Å².